The van der Waals surface area contributed by atoms with Crippen molar-refractivity contribution in [3.8, 4) is 0 Å². The zero-order valence-corrected chi connectivity index (χ0v) is 12.1. The van der Waals surface area contributed by atoms with Crippen molar-refractivity contribution < 1.29 is 58.5 Å². The molecule has 0 heterocycles. The van der Waals surface area contributed by atoms with Crippen LogP contribution in [0.25, 0.3) is 0 Å². The van der Waals surface area contributed by atoms with E-state index >= 15 is 0 Å². The SMILES string of the molecule is CC(=O)[O-].CCOC(=O)CC(=O)OCC.[Na+]. The van der Waals surface area contributed by atoms with Gasteiger partial charge >= 0.3 is 41.5 Å². The summed E-state index contributed by atoms with van der Waals surface area (Å²) in [4.78, 5) is 30.1. The van der Waals surface area contributed by atoms with Gasteiger partial charge < -0.3 is 19.4 Å². The first-order valence-electron chi connectivity index (χ1n) is 4.42. The monoisotopic (exact) mass is 242 g/mol. The summed E-state index contributed by atoms with van der Waals surface area (Å²) in [5, 5.41) is 8.89. The van der Waals surface area contributed by atoms with Gasteiger partial charge in [0.25, 0.3) is 0 Å². The molecular weight excluding hydrogens is 227 g/mol. The molecule has 0 aliphatic carbocycles. The van der Waals surface area contributed by atoms with Gasteiger partial charge in [0.1, 0.15) is 6.42 Å². The maximum Gasteiger partial charge on any atom is 1.00 e. The second kappa shape index (κ2) is 14.4. The smallest absolute Gasteiger partial charge is 0.550 e. The summed E-state index contributed by atoms with van der Waals surface area (Å²) in [5.41, 5.74) is 0. The average Bonchev–Trinajstić information content (AvgIpc) is 2.03. The number of esters is 2. The Balaban J connectivity index is -0.000000292. The number of hydrogen-bond donors (Lipinski definition) is 0. The quantitative estimate of drug-likeness (QED) is 0.286. The minimum absolute atomic E-state index is 0. The van der Waals surface area contributed by atoms with Crippen molar-refractivity contribution in [2.75, 3.05) is 13.2 Å². The standard InChI is InChI=1S/C7H12O4.C2H4O2.Na/c1-3-10-6(8)5-7(9)11-4-2;1-2(3)4;/h3-5H2,1-2H3;1H3,(H,3,4);/q;;+1/p-1. The van der Waals surface area contributed by atoms with Crippen LogP contribution in [0.5, 0.6) is 0 Å². The van der Waals surface area contributed by atoms with Crippen molar-refractivity contribution in [1.29, 1.82) is 0 Å². The van der Waals surface area contributed by atoms with Crippen molar-refractivity contribution in [2.45, 2.75) is 27.2 Å². The third-order valence-electron chi connectivity index (χ3n) is 0.899. The Bertz CT molecular complexity index is 196. The van der Waals surface area contributed by atoms with Gasteiger partial charge in [-0.1, -0.05) is 0 Å². The largest absolute Gasteiger partial charge is 1.00 e. The molecule has 0 aliphatic heterocycles. The first kappa shape index (κ1) is 20.8. The Morgan fingerprint density at radius 3 is 1.44 bits per heavy atom. The van der Waals surface area contributed by atoms with Gasteiger partial charge in [0, 0.05) is 5.97 Å². The number of aliphatic carboxylic acids is 1. The molecule has 16 heavy (non-hydrogen) atoms. The third kappa shape index (κ3) is 23.3. The summed E-state index contributed by atoms with van der Waals surface area (Å²) < 4.78 is 9.04. The molecule has 0 amide bonds. The summed E-state index contributed by atoms with van der Waals surface area (Å²) in [6.07, 6.45) is -0.290. The van der Waals surface area contributed by atoms with E-state index in [9.17, 15) is 9.59 Å². The van der Waals surface area contributed by atoms with E-state index in [0.717, 1.165) is 6.92 Å². The number of ether oxygens (including phenoxy) is 2. The van der Waals surface area contributed by atoms with Crippen molar-refractivity contribution in [1.82, 2.24) is 0 Å². The topological polar surface area (TPSA) is 92.7 Å². The van der Waals surface area contributed by atoms with Gasteiger partial charge in [0.2, 0.25) is 0 Å². The van der Waals surface area contributed by atoms with Gasteiger partial charge in [-0.25, -0.2) is 0 Å². The molecule has 0 radical (unpaired) electrons. The Kier molecular flexibility index (Phi) is 18.7. The maximum atomic E-state index is 10.6. The van der Waals surface area contributed by atoms with Crippen molar-refractivity contribution in [2.24, 2.45) is 0 Å². The van der Waals surface area contributed by atoms with E-state index in [2.05, 4.69) is 9.47 Å². The molecule has 0 spiro atoms. The van der Waals surface area contributed by atoms with Crippen molar-refractivity contribution in [3.63, 3.8) is 0 Å². The molecule has 0 fully saturated rings. The van der Waals surface area contributed by atoms with E-state index in [1.807, 2.05) is 0 Å². The number of carboxylic acid groups (broad SMARTS) is 1. The number of carbonyl (C=O) groups excluding carboxylic acids is 3. The zero-order chi connectivity index (χ0) is 12.3. The van der Waals surface area contributed by atoms with Crippen LogP contribution in [-0.4, -0.2) is 31.1 Å². The fraction of sp³-hybridized carbons (Fsp3) is 0.667. The molecule has 7 heteroatoms. The van der Waals surface area contributed by atoms with Gasteiger partial charge in [-0.3, -0.25) is 9.59 Å². The third-order valence-corrected chi connectivity index (χ3v) is 0.899. The van der Waals surface area contributed by atoms with Crippen LogP contribution in [0.1, 0.15) is 27.2 Å². The van der Waals surface area contributed by atoms with E-state index in [1.165, 1.54) is 0 Å². The molecule has 0 saturated heterocycles. The molecule has 0 N–H and O–H groups in total. The van der Waals surface area contributed by atoms with Crippen LogP contribution in [0.15, 0.2) is 0 Å². The first-order valence-corrected chi connectivity index (χ1v) is 4.42. The number of carbonyl (C=O) groups is 3. The molecule has 0 rings (SSSR count). The zero-order valence-electron chi connectivity index (χ0n) is 10.1. The second-order valence-corrected chi connectivity index (χ2v) is 2.28. The normalized spacial score (nSPS) is 7.69. The number of carboxylic acids is 1. The second-order valence-electron chi connectivity index (χ2n) is 2.28. The molecular formula is C9H15NaO6. The van der Waals surface area contributed by atoms with E-state index in [-0.39, 0.29) is 49.2 Å². The average molecular weight is 242 g/mol. The summed E-state index contributed by atoms with van der Waals surface area (Å²) in [5.74, 6) is -2.16. The molecule has 0 aromatic rings. The fourth-order valence-corrected chi connectivity index (χ4v) is 0.542. The molecule has 0 aromatic carbocycles. The van der Waals surface area contributed by atoms with Gasteiger partial charge in [-0.2, -0.15) is 0 Å². The van der Waals surface area contributed by atoms with Gasteiger partial charge in [0.05, 0.1) is 13.2 Å². The predicted molar refractivity (Wildman–Crippen MR) is 48.6 cm³/mol. The molecule has 0 aromatic heterocycles. The molecule has 0 unspecified atom stereocenters. The minimum Gasteiger partial charge on any atom is -0.550 e. The Morgan fingerprint density at radius 2 is 1.25 bits per heavy atom. The van der Waals surface area contributed by atoms with Crippen LogP contribution in [0.3, 0.4) is 0 Å². The number of hydrogen-bond acceptors (Lipinski definition) is 6. The van der Waals surface area contributed by atoms with Crippen LogP contribution in [0.4, 0.5) is 0 Å². The predicted octanol–water partition coefficient (Wildman–Crippen LogP) is -3.74. The van der Waals surface area contributed by atoms with Gasteiger partial charge in [-0.05, 0) is 20.8 Å². The number of rotatable bonds is 4. The van der Waals surface area contributed by atoms with Crippen LogP contribution >= 0.6 is 0 Å². The molecule has 0 atom stereocenters. The minimum atomic E-state index is -1.08. The van der Waals surface area contributed by atoms with Crippen molar-refractivity contribution >= 4 is 17.9 Å². The van der Waals surface area contributed by atoms with Crippen LogP contribution in [-0.2, 0) is 23.9 Å². The Labute approximate surface area is 117 Å². The Morgan fingerprint density at radius 1 is 1.00 bits per heavy atom. The van der Waals surface area contributed by atoms with E-state index in [4.69, 9.17) is 9.90 Å². The van der Waals surface area contributed by atoms with Crippen LogP contribution < -0.4 is 34.7 Å². The molecule has 88 valence electrons. The summed E-state index contributed by atoms with van der Waals surface area (Å²) in [6.45, 7) is 4.92. The molecule has 0 bridgehead atoms. The van der Waals surface area contributed by atoms with Gasteiger partial charge in [-0.15, -0.1) is 0 Å². The molecule has 0 saturated carbocycles. The Hall–Kier alpha value is -0.590. The summed E-state index contributed by atoms with van der Waals surface area (Å²) in [6, 6.07) is 0. The van der Waals surface area contributed by atoms with Crippen molar-refractivity contribution in [3.05, 3.63) is 0 Å². The molecule has 6 nitrogen and oxygen atoms in total. The van der Waals surface area contributed by atoms with Crippen LogP contribution in [0.2, 0.25) is 0 Å². The maximum absolute atomic E-state index is 10.6. The van der Waals surface area contributed by atoms with E-state index < -0.39 is 17.9 Å². The van der Waals surface area contributed by atoms with Crippen LogP contribution in [0, 0.1) is 0 Å². The van der Waals surface area contributed by atoms with E-state index in [0.29, 0.717) is 0 Å². The summed E-state index contributed by atoms with van der Waals surface area (Å²) in [7, 11) is 0. The van der Waals surface area contributed by atoms with Gasteiger partial charge in [0.15, 0.2) is 0 Å². The summed E-state index contributed by atoms with van der Waals surface area (Å²) >= 11 is 0. The van der Waals surface area contributed by atoms with E-state index in [1.54, 1.807) is 13.8 Å². The fourth-order valence-electron chi connectivity index (χ4n) is 0.542. The first-order chi connectivity index (χ1) is 6.93. The molecule has 0 aliphatic rings.